The zero-order valence-corrected chi connectivity index (χ0v) is 62.6. The van der Waals surface area contributed by atoms with Crippen LogP contribution in [-0.2, 0) is 6.42 Å². The molecule has 3 aliphatic rings. The fourth-order valence-electron chi connectivity index (χ4n) is 6.77. The van der Waals surface area contributed by atoms with Crippen molar-refractivity contribution >= 4 is 0 Å². The first-order chi connectivity index (χ1) is 35.5. The molecule has 0 heteroatoms. The molecule has 0 nitrogen and oxygen atoms in total. The predicted octanol–water partition coefficient (Wildman–Crippen LogP) is 28.8. The van der Waals surface area contributed by atoms with Crippen LogP contribution in [0.1, 0.15) is 358 Å². The van der Waals surface area contributed by atoms with Crippen molar-refractivity contribution in [2.75, 3.05) is 0 Å². The molecule has 0 radical (unpaired) electrons. The number of hydrogen-bond donors (Lipinski definition) is 0. The van der Waals surface area contributed by atoms with Gasteiger partial charge in [-0.15, -0.1) is 0 Å². The minimum absolute atomic E-state index is 0.500. The van der Waals surface area contributed by atoms with Crippen LogP contribution in [0.5, 0.6) is 0 Å². The summed E-state index contributed by atoms with van der Waals surface area (Å²) in [4.78, 5) is 0. The van der Waals surface area contributed by atoms with E-state index in [4.69, 9.17) is 0 Å². The van der Waals surface area contributed by atoms with E-state index in [1.165, 1.54) is 108 Å². The van der Waals surface area contributed by atoms with E-state index in [0.717, 1.165) is 107 Å². The quantitative estimate of drug-likeness (QED) is 0.174. The summed E-state index contributed by atoms with van der Waals surface area (Å²) >= 11 is 0. The summed E-state index contributed by atoms with van der Waals surface area (Å²) in [6, 6.07) is 10.6. The van der Waals surface area contributed by atoms with Crippen molar-refractivity contribution in [3.8, 4) is 0 Å². The molecule has 1 aromatic carbocycles. The molecule has 0 spiro atoms. The molecule has 3 fully saturated rings. The lowest BCUT2D eigenvalue weighted by Crippen LogP contribution is -2.16. The molecular formula is C78H166. The van der Waals surface area contributed by atoms with Crippen LogP contribution < -0.4 is 0 Å². The molecule has 3 aliphatic carbocycles. The zero-order chi connectivity index (χ0) is 63.3. The second-order valence-corrected chi connectivity index (χ2v) is 31.7. The van der Waals surface area contributed by atoms with Crippen molar-refractivity contribution < 1.29 is 0 Å². The molecule has 0 aliphatic heterocycles. The van der Waals surface area contributed by atoms with Crippen molar-refractivity contribution in [2.24, 2.45) is 112 Å². The molecule has 0 amide bonds. The van der Waals surface area contributed by atoms with Crippen LogP contribution in [0.15, 0.2) is 30.3 Å². The van der Waals surface area contributed by atoms with E-state index in [1.807, 2.05) is 0 Å². The molecular weight excluding hydrogens is 937 g/mol. The number of rotatable bonds is 14. The molecule has 1 aromatic rings. The fourth-order valence-corrected chi connectivity index (χ4v) is 6.77. The standard InChI is InChI=1S/C10H14.C8H16.C8H18.C7H14.2C7H16.C6H12.2C6H14.C5H12.2C4H10/c1-9(2)8-10-6-4-3-5-7-10;1-7(2)8-5-3-4-6-8;1-7(2)5-6-8(3)4;1-6(2)7-4-3-5-7;1-6(2)7(3,4)5;1-6(2)5-7(3)4;1-5(2)6-3-4-6;1-5(2)6(3)4;1-4-5-6(2)3;1-4-5(2)3;2*1-4(2)3/h3-7,9H,8H2,1-2H3;7-8H,3-6H2,1-2H3;7-8H,5-6H2,1-4H3;6-7H,3-5H2,1-2H3;6H,1-5H3;6-7H,5H2,1-4H3;5-6H,3-4H2,1-2H3;5-6H,1-4H3;6H,4-5H2,1-3H3;5H,4H2,1-3H3;2*4H,1-3H3. The van der Waals surface area contributed by atoms with Crippen LogP contribution in [0.3, 0.4) is 0 Å². The molecule has 0 heterocycles. The maximum Gasteiger partial charge on any atom is -0.0256 e. The lowest BCUT2D eigenvalue weighted by molar-refractivity contribution is 0.235. The van der Waals surface area contributed by atoms with Gasteiger partial charge in [-0.2, -0.15) is 0 Å². The molecule has 0 atom stereocenters. The second kappa shape index (κ2) is 62.3. The maximum absolute atomic E-state index is 2.34. The SMILES string of the molecule is CC(C)C.CC(C)C.CC(C)C(C)(C)C.CC(C)C(C)C.CC(C)C1CC1.CC(C)C1CCC1.CC(C)C1CCCC1.CC(C)CC(C)C.CC(C)CCC(C)C.CC(C)Cc1ccccc1.CCC(C)C.CCCC(C)C. The van der Waals surface area contributed by atoms with Gasteiger partial charge in [-0.25, -0.2) is 0 Å². The Balaban J connectivity index is -0.000000115. The summed E-state index contributed by atoms with van der Waals surface area (Å²) in [5.41, 5.74) is 1.94. The Hall–Kier alpha value is -0.780. The van der Waals surface area contributed by atoms with Gasteiger partial charge >= 0.3 is 0 Å². The largest absolute Gasteiger partial charge is 0.0654 e. The molecule has 0 aromatic heterocycles. The first-order valence-electron chi connectivity index (χ1n) is 34.6. The molecule has 0 bridgehead atoms. The Labute approximate surface area is 504 Å². The third kappa shape index (κ3) is 104. The van der Waals surface area contributed by atoms with Gasteiger partial charge in [0.2, 0.25) is 0 Å². The van der Waals surface area contributed by atoms with Crippen molar-refractivity contribution in [1.82, 2.24) is 0 Å². The Morgan fingerprint density at radius 3 is 0.731 bits per heavy atom. The molecule has 4 rings (SSSR count). The Kier molecular flexibility index (Phi) is 74.7. The Bertz CT molecular complexity index is 1120. The first-order valence-corrected chi connectivity index (χ1v) is 34.6. The highest BCUT2D eigenvalue weighted by Gasteiger charge is 2.24. The Morgan fingerprint density at radius 2 is 0.628 bits per heavy atom. The lowest BCUT2D eigenvalue weighted by Gasteiger charge is -2.28. The van der Waals surface area contributed by atoms with E-state index in [9.17, 15) is 0 Å². The van der Waals surface area contributed by atoms with Crippen LogP contribution in [0, 0.1) is 112 Å². The van der Waals surface area contributed by atoms with E-state index >= 15 is 0 Å². The molecule has 78 heavy (non-hydrogen) atoms. The van der Waals surface area contributed by atoms with Gasteiger partial charge in [0, 0.05) is 0 Å². The maximum atomic E-state index is 2.34. The van der Waals surface area contributed by atoms with E-state index in [0.29, 0.717) is 5.41 Å². The first kappa shape index (κ1) is 93.6. The summed E-state index contributed by atoms with van der Waals surface area (Å²) in [7, 11) is 0. The lowest BCUT2D eigenvalue weighted by atomic mass is 9.78. The van der Waals surface area contributed by atoms with Gasteiger partial charge in [0.15, 0.2) is 0 Å². The van der Waals surface area contributed by atoms with Crippen molar-refractivity contribution in [3.63, 3.8) is 0 Å². The topological polar surface area (TPSA) is 0 Å². The minimum Gasteiger partial charge on any atom is -0.0654 e. The van der Waals surface area contributed by atoms with Crippen molar-refractivity contribution in [3.05, 3.63) is 35.9 Å². The third-order valence-corrected chi connectivity index (χ3v) is 14.5. The van der Waals surface area contributed by atoms with Gasteiger partial charge in [-0.3, -0.25) is 0 Å². The summed E-state index contributed by atoms with van der Waals surface area (Å²) in [6.45, 7) is 83.2. The normalized spacial score (nSPS) is 13.9. The van der Waals surface area contributed by atoms with E-state index < -0.39 is 0 Å². The summed E-state index contributed by atoms with van der Waals surface area (Å²) in [6.07, 6.45) is 22.8. The highest BCUT2D eigenvalue weighted by Crippen LogP contribution is 2.36. The monoisotopic (exact) mass is 1100 g/mol. The molecule has 0 N–H and O–H groups in total. The smallest absolute Gasteiger partial charge is 0.0256 e. The van der Waals surface area contributed by atoms with Gasteiger partial charge < -0.3 is 0 Å². The van der Waals surface area contributed by atoms with Crippen LogP contribution in [0.4, 0.5) is 0 Å². The van der Waals surface area contributed by atoms with E-state index in [2.05, 4.69) is 287 Å². The highest BCUT2D eigenvalue weighted by molar-refractivity contribution is 5.14. The van der Waals surface area contributed by atoms with Gasteiger partial charge in [-0.1, -0.05) is 364 Å². The van der Waals surface area contributed by atoms with Gasteiger partial charge in [-0.05, 0) is 143 Å². The predicted molar refractivity (Wildman–Crippen MR) is 375 cm³/mol. The van der Waals surface area contributed by atoms with Crippen LogP contribution >= 0.6 is 0 Å². The zero-order valence-electron chi connectivity index (χ0n) is 62.6. The van der Waals surface area contributed by atoms with Gasteiger partial charge in [0.25, 0.3) is 0 Å². The second-order valence-electron chi connectivity index (χ2n) is 31.7. The summed E-state index contributed by atoms with van der Waals surface area (Å²) < 4.78 is 0. The molecule has 478 valence electrons. The molecule has 0 saturated heterocycles. The highest BCUT2D eigenvalue weighted by atomic mass is 14.3. The fraction of sp³-hybridized carbons (Fsp3) is 0.923. The average molecular weight is 1100 g/mol. The van der Waals surface area contributed by atoms with Crippen molar-refractivity contribution in [1.29, 1.82) is 0 Å². The molecule has 0 unspecified atom stereocenters. The Morgan fingerprint density at radius 1 is 0.359 bits per heavy atom. The summed E-state index contributed by atoms with van der Waals surface area (Å²) in [5.74, 6) is 16.3. The van der Waals surface area contributed by atoms with Gasteiger partial charge in [0.05, 0.1) is 0 Å². The van der Waals surface area contributed by atoms with Crippen LogP contribution in [0.2, 0.25) is 0 Å². The molecule has 3 saturated carbocycles. The van der Waals surface area contributed by atoms with Crippen molar-refractivity contribution in [2.45, 2.75) is 359 Å². The number of hydrogen-bond acceptors (Lipinski definition) is 0. The summed E-state index contributed by atoms with van der Waals surface area (Å²) in [5, 5.41) is 0. The van der Waals surface area contributed by atoms with Crippen LogP contribution in [-0.4, -0.2) is 0 Å². The number of benzene rings is 1. The third-order valence-electron chi connectivity index (χ3n) is 14.5. The van der Waals surface area contributed by atoms with Gasteiger partial charge in [0.1, 0.15) is 0 Å². The van der Waals surface area contributed by atoms with E-state index in [1.54, 1.807) is 0 Å². The van der Waals surface area contributed by atoms with E-state index in [-0.39, 0.29) is 0 Å². The average Bonchev–Trinajstić information content (AvgIpc) is 3.96. The van der Waals surface area contributed by atoms with Crippen LogP contribution in [0.25, 0.3) is 0 Å². The minimum atomic E-state index is 0.500.